The zero-order chi connectivity index (χ0) is 12.6. The van der Waals surface area contributed by atoms with Gasteiger partial charge in [0.2, 0.25) is 0 Å². The van der Waals surface area contributed by atoms with E-state index in [0.29, 0.717) is 12.4 Å². The van der Waals surface area contributed by atoms with Crippen LogP contribution < -0.4 is 10.1 Å². The van der Waals surface area contributed by atoms with E-state index in [0.717, 1.165) is 18.8 Å². The molecule has 1 aromatic heterocycles. The molecule has 1 N–H and O–H groups in total. The lowest BCUT2D eigenvalue weighted by Gasteiger charge is -2.07. The van der Waals surface area contributed by atoms with Crippen LogP contribution in [0.15, 0.2) is 42.7 Å². The van der Waals surface area contributed by atoms with Gasteiger partial charge in [-0.15, -0.1) is 0 Å². The molecule has 94 valence electrons. The van der Waals surface area contributed by atoms with E-state index >= 15 is 0 Å². The lowest BCUT2D eigenvalue weighted by Crippen LogP contribution is -2.11. The van der Waals surface area contributed by atoms with Gasteiger partial charge >= 0.3 is 0 Å². The molecule has 1 aromatic carbocycles. The molecule has 4 nitrogen and oxygen atoms in total. The van der Waals surface area contributed by atoms with Gasteiger partial charge in [-0.3, -0.25) is 0 Å². The molecule has 0 spiro atoms. The van der Waals surface area contributed by atoms with Gasteiger partial charge < -0.3 is 10.1 Å². The Morgan fingerprint density at radius 3 is 2.78 bits per heavy atom. The van der Waals surface area contributed by atoms with E-state index in [-0.39, 0.29) is 0 Å². The average Bonchev–Trinajstić information content (AvgIpc) is 2.44. The second-order valence-electron chi connectivity index (χ2n) is 3.88. The molecule has 2 aromatic rings. The molecular formula is C14H17N3O. The van der Waals surface area contributed by atoms with Gasteiger partial charge in [0.25, 0.3) is 0 Å². The Bertz CT molecular complexity index is 473. The lowest BCUT2D eigenvalue weighted by molar-refractivity contribution is 0.295. The second kappa shape index (κ2) is 6.71. The molecule has 4 heteroatoms. The van der Waals surface area contributed by atoms with Gasteiger partial charge in [0.05, 0.1) is 0 Å². The molecule has 0 radical (unpaired) electrons. The van der Waals surface area contributed by atoms with Gasteiger partial charge in [0.1, 0.15) is 12.4 Å². The van der Waals surface area contributed by atoms with Gasteiger partial charge in [-0.2, -0.15) is 0 Å². The van der Waals surface area contributed by atoms with Crippen LogP contribution in [0.2, 0.25) is 0 Å². The van der Waals surface area contributed by atoms with Gasteiger partial charge in [0, 0.05) is 18.9 Å². The molecule has 0 unspecified atom stereocenters. The Kier molecular flexibility index (Phi) is 4.67. The van der Waals surface area contributed by atoms with Crippen LogP contribution in [0, 0.1) is 0 Å². The Morgan fingerprint density at radius 1 is 1.17 bits per heavy atom. The van der Waals surface area contributed by atoms with E-state index < -0.39 is 0 Å². The largest absolute Gasteiger partial charge is 0.486 e. The third kappa shape index (κ3) is 3.82. The Balaban J connectivity index is 1.93. The number of hydrogen-bond donors (Lipinski definition) is 1. The maximum absolute atomic E-state index is 5.66. The highest BCUT2D eigenvalue weighted by molar-refractivity contribution is 5.28. The highest BCUT2D eigenvalue weighted by Crippen LogP contribution is 2.14. The summed E-state index contributed by atoms with van der Waals surface area (Å²) in [7, 11) is 0. The minimum absolute atomic E-state index is 0.394. The number of ether oxygens (including phenoxy) is 1. The minimum Gasteiger partial charge on any atom is -0.486 e. The van der Waals surface area contributed by atoms with E-state index in [1.54, 1.807) is 18.5 Å². The Hall–Kier alpha value is -1.94. The van der Waals surface area contributed by atoms with E-state index in [4.69, 9.17) is 4.74 Å². The molecule has 0 aliphatic rings. The van der Waals surface area contributed by atoms with Crippen molar-refractivity contribution < 1.29 is 4.74 Å². The standard InChI is InChI=1S/C14H17N3O/c1-2-15-10-12-5-3-6-13(9-12)18-11-14-16-7-4-8-17-14/h3-9,15H,2,10-11H2,1H3. The summed E-state index contributed by atoms with van der Waals surface area (Å²) in [6.45, 7) is 4.30. The van der Waals surface area contributed by atoms with Crippen LogP contribution in [0.4, 0.5) is 0 Å². The van der Waals surface area contributed by atoms with Crippen LogP contribution in [0.25, 0.3) is 0 Å². The number of hydrogen-bond acceptors (Lipinski definition) is 4. The topological polar surface area (TPSA) is 47.0 Å². The number of aromatic nitrogens is 2. The maximum atomic E-state index is 5.66. The molecule has 0 saturated carbocycles. The van der Waals surface area contributed by atoms with Crippen LogP contribution in [0.1, 0.15) is 18.3 Å². The third-order valence-corrected chi connectivity index (χ3v) is 2.46. The fourth-order valence-corrected chi connectivity index (χ4v) is 1.57. The molecule has 0 bridgehead atoms. The Labute approximate surface area is 107 Å². The van der Waals surface area contributed by atoms with Crippen molar-refractivity contribution >= 4 is 0 Å². The average molecular weight is 243 g/mol. The zero-order valence-corrected chi connectivity index (χ0v) is 10.5. The van der Waals surface area contributed by atoms with Crippen molar-refractivity contribution in [2.45, 2.75) is 20.1 Å². The van der Waals surface area contributed by atoms with E-state index in [1.807, 2.05) is 18.2 Å². The van der Waals surface area contributed by atoms with Crippen molar-refractivity contribution in [3.05, 3.63) is 54.1 Å². The Morgan fingerprint density at radius 2 is 2.00 bits per heavy atom. The number of nitrogens with one attached hydrogen (secondary N) is 1. The molecule has 18 heavy (non-hydrogen) atoms. The number of benzene rings is 1. The molecule has 0 saturated heterocycles. The summed E-state index contributed by atoms with van der Waals surface area (Å²) in [6, 6.07) is 9.84. The highest BCUT2D eigenvalue weighted by Gasteiger charge is 1.99. The van der Waals surface area contributed by atoms with Gasteiger partial charge in [-0.05, 0) is 30.3 Å². The van der Waals surface area contributed by atoms with E-state index in [9.17, 15) is 0 Å². The normalized spacial score (nSPS) is 10.3. The summed E-state index contributed by atoms with van der Waals surface area (Å²) in [5.41, 5.74) is 1.21. The van der Waals surface area contributed by atoms with Crippen molar-refractivity contribution in [2.75, 3.05) is 6.54 Å². The number of rotatable bonds is 6. The van der Waals surface area contributed by atoms with Gasteiger partial charge in [-0.1, -0.05) is 19.1 Å². The first-order valence-electron chi connectivity index (χ1n) is 6.07. The first-order chi connectivity index (χ1) is 8.88. The van der Waals surface area contributed by atoms with E-state index in [2.05, 4.69) is 28.3 Å². The van der Waals surface area contributed by atoms with E-state index in [1.165, 1.54) is 5.56 Å². The maximum Gasteiger partial charge on any atom is 0.166 e. The first kappa shape index (κ1) is 12.5. The summed E-state index contributed by atoms with van der Waals surface area (Å²) in [5.74, 6) is 1.53. The number of nitrogens with zero attached hydrogens (tertiary/aromatic N) is 2. The van der Waals surface area contributed by atoms with Crippen LogP contribution in [-0.4, -0.2) is 16.5 Å². The van der Waals surface area contributed by atoms with Crippen molar-refractivity contribution in [1.29, 1.82) is 0 Å². The molecule has 0 atom stereocenters. The fourth-order valence-electron chi connectivity index (χ4n) is 1.57. The minimum atomic E-state index is 0.394. The van der Waals surface area contributed by atoms with Crippen LogP contribution >= 0.6 is 0 Å². The quantitative estimate of drug-likeness (QED) is 0.844. The predicted molar refractivity (Wildman–Crippen MR) is 70.2 cm³/mol. The highest BCUT2D eigenvalue weighted by atomic mass is 16.5. The monoisotopic (exact) mass is 243 g/mol. The molecule has 0 aliphatic heterocycles. The predicted octanol–water partition coefficient (Wildman–Crippen LogP) is 2.17. The molecule has 0 aliphatic carbocycles. The summed E-state index contributed by atoms with van der Waals surface area (Å²) >= 11 is 0. The van der Waals surface area contributed by atoms with Crippen molar-refractivity contribution in [3.8, 4) is 5.75 Å². The SMILES string of the molecule is CCNCc1cccc(OCc2ncccn2)c1. The summed E-state index contributed by atoms with van der Waals surface area (Å²) in [6.07, 6.45) is 3.43. The van der Waals surface area contributed by atoms with Crippen molar-refractivity contribution in [2.24, 2.45) is 0 Å². The molecular weight excluding hydrogens is 226 g/mol. The van der Waals surface area contributed by atoms with Crippen LogP contribution in [-0.2, 0) is 13.2 Å². The van der Waals surface area contributed by atoms with Crippen LogP contribution in [0.5, 0.6) is 5.75 Å². The van der Waals surface area contributed by atoms with Gasteiger partial charge in [-0.25, -0.2) is 9.97 Å². The molecule has 0 amide bonds. The smallest absolute Gasteiger partial charge is 0.166 e. The summed E-state index contributed by atoms with van der Waals surface area (Å²) in [4.78, 5) is 8.23. The second-order valence-corrected chi connectivity index (χ2v) is 3.88. The summed E-state index contributed by atoms with van der Waals surface area (Å²) in [5, 5.41) is 3.29. The first-order valence-corrected chi connectivity index (χ1v) is 6.07. The third-order valence-electron chi connectivity index (χ3n) is 2.46. The van der Waals surface area contributed by atoms with Crippen molar-refractivity contribution in [1.82, 2.24) is 15.3 Å². The molecule has 2 rings (SSSR count). The lowest BCUT2D eigenvalue weighted by atomic mass is 10.2. The zero-order valence-electron chi connectivity index (χ0n) is 10.5. The summed E-state index contributed by atoms with van der Waals surface area (Å²) < 4.78 is 5.66. The van der Waals surface area contributed by atoms with Crippen LogP contribution in [0.3, 0.4) is 0 Å². The molecule has 1 heterocycles. The molecule has 0 fully saturated rings. The van der Waals surface area contributed by atoms with Gasteiger partial charge in [0.15, 0.2) is 5.82 Å². The van der Waals surface area contributed by atoms with Crippen molar-refractivity contribution in [3.63, 3.8) is 0 Å². The fraction of sp³-hybridized carbons (Fsp3) is 0.286.